The number of halogens is 1. The first kappa shape index (κ1) is 23.2. The van der Waals surface area contributed by atoms with Crippen LogP contribution in [0.25, 0.3) is 0 Å². The molecule has 2 aromatic rings. The molecule has 33 heavy (non-hydrogen) atoms. The molecule has 4 rings (SSSR count). The molecule has 1 amide bonds. The van der Waals surface area contributed by atoms with Crippen LogP contribution in [-0.4, -0.2) is 59.7 Å². The van der Waals surface area contributed by atoms with Crippen molar-refractivity contribution in [2.45, 2.75) is 32.2 Å². The lowest BCUT2D eigenvalue weighted by Crippen LogP contribution is -2.46. The molecular formula is C25H32FN5O2. The highest BCUT2D eigenvalue weighted by Gasteiger charge is 2.33. The summed E-state index contributed by atoms with van der Waals surface area (Å²) in [5.74, 6) is 0.625. The molecular weight excluding hydrogens is 421 g/mol. The molecule has 2 aliphatic heterocycles. The van der Waals surface area contributed by atoms with Crippen molar-refractivity contribution in [3.63, 3.8) is 0 Å². The molecule has 0 atom stereocenters. The standard InChI is InChI=1S/C25H32FN5O2/c1-33-29-24(21-4-2-3-5-22(21)26)19-9-14-31(15-10-19)25(32)20-7-12-30(13-8-20)17-18-6-11-28-23(27)16-18/h2-6,11,16,19-20H,7-10,12-15,17H2,1H3,(H2,27,28). The van der Waals surface area contributed by atoms with Crippen LogP contribution in [0.5, 0.6) is 0 Å². The second-order valence-electron chi connectivity index (χ2n) is 8.88. The third-order valence-corrected chi connectivity index (χ3v) is 6.72. The molecule has 0 radical (unpaired) electrons. The number of oxime groups is 1. The maximum absolute atomic E-state index is 14.3. The lowest BCUT2D eigenvalue weighted by atomic mass is 9.87. The van der Waals surface area contributed by atoms with Gasteiger partial charge in [0.1, 0.15) is 18.7 Å². The average Bonchev–Trinajstić information content (AvgIpc) is 2.83. The summed E-state index contributed by atoms with van der Waals surface area (Å²) in [5.41, 5.74) is 8.04. The van der Waals surface area contributed by atoms with Crippen LogP contribution in [0.4, 0.5) is 10.2 Å². The number of carbonyl (C=O) groups is 1. The van der Waals surface area contributed by atoms with E-state index in [1.54, 1.807) is 24.4 Å². The number of piperidine rings is 2. The van der Waals surface area contributed by atoms with Crippen molar-refractivity contribution < 1.29 is 14.0 Å². The first-order valence-electron chi connectivity index (χ1n) is 11.6. The van der Waals surface area contributed by atoms with Gasteiger partial charge in [0, 0.05) is 43.2 Å². The van der Waals surface area contributed by atoms with Gasteiger partial charge in [-0.05, 0) is 62.5 Å². The number of aromatic nitrogens is 1. The van der Waals surface area contributed by atoms with Crippen LogP contribution in [0.3, 0.4) is 0 Å². The summed E-state index contributed by atoms with van der Waals surface area (Å²) in [4.78, 5) is 26.6. The minimum Gasteiger partial charge on any atom is -0.399 e. The van der Waals surface area contributed by atoms with E-state index in [4.69, 9.17) is 10.6 Å². The molecule has 0 bridgehead atoms. The second kappa shape index (κ2) is 10.7. The van der Waals surface area contributed by atoms with Gasteiger partial charge in [-0.1, -0.05) is 23.4 Å². The number of pyridine rings is 1. The van der Waals surface area contributed by atoms with Gasteiger partial charge in [-0.2, -0.15) is 0 Å². The summed E-state index contributed by atoms with van der Waals surface area (Å²) in [7, 11) is 1.48. The molecule has 1 aromatic carbocycles. The predicted octanol–water partition coefficient (Wildman–Crippen LogP) is 3.30. The Labute approximate surface area is 194 Å². The van der Waals surface area contributed by atoms with Crippen molar-refractivity contribution in [2.75, 3.05) is 39.0 Å². The summed E-state index contributed by atoms with van der Waals surface area (Å²) in [6.07, 6.45) is 4.98. The first-order chi connectivity index (χ1) is 16.0. The number of carbonyl (C=O) groups excluding carboxylic acids is 1. The van der Waals surface area contributed by atoms with E-state index in [0.29, 0.717) is 30.2 Å². The molecule has 8 heteroatoms. The van der Waals surface area contributed by atoms with E-state index in [9.17, 15) is 9.18 Å². The topological polar surface area (TPSA) is 84.0 Å². The normalized spacial score (nSPS) is 19.0. The second-order valence-corrected chi connectivity index (χ2v) is 8.88. The molecule has 2 saturated heterocycles. The Kier molecular flexibility index (Phi) is 7.54. The Morgan fingerprint density at radius 3 is 2.48 bits per heavy atom. The molecule has 2 fully saturated rings. The number of nitrogens with zero attached hydrogens (tertiary/aromatic N) is 4. The largest absolute Gasteiger partial charge is 0.399 e. The lowest BCUT2D eigenvalue weighted by Gasteiger charge is -2.37. The summed E-state index contributed by atoms with van der Waals surface area (Å²) in [6.45, 7) is 3.95. The Hall–Kier alpha value is -3.00. The number of rotatable bonds is 6. The quantitative estimate of drug-likeness (QED) is 0.536. The van der Waals surface area contributed by atoms with E-state index in [2.05, 4.69) is 15.0 Å². The van der Waals surface area contributed by atoms with E-state index in [0.717, 1.165) is 50.9 Å². The van der Waals surface area contributed by atoms with E-state index >= 15 is 0 Å². The Morgan fingerprint density at radius 2 is 1.82 bits per heavy atom. The number of likely N-dealkylation sites (tertiary alicyclic amines) is 2. The van der Waals surface area contributed by atoms with Gasteiger partial charge >= 0.3 is 0 Å². The van der Waals surface area contributed by atoms with Crippen molar-refractivity contribution in [3.05, 3.63) is 59.5 Å². The number of nitrogens with two attached hydrogens (primary N) is 1. The first-order valence-corrected chi connectivity index (χ1v) is 11.6. The maximum Gasteiger partial charge on any atom is 0.225 e. The van der Waals surface area contributed by atoms with Gasteiger partial charge in [-0.15, -0.1) is 0 Å². The predicted molar refractivity (Wildman–Crippen MR) is 126 cm³/mol. The van der Waals surface area contributed by atoms with Crippen molar-refractivity contribution in [2.24, 2.45) is 17.0 Å². The zero-order valence-electron chi connectivity index (χ0n) is 19.1. The Bertz CT molecular complexity index is 982. The molecule has 0 spiro atoms. The highest BCUT2D eigenvalue weighted by atomic mass is 19.1. The van der Waals surface area contributed by atoms with Crippen molar-refractivity contribution in [1.82, 2.24) is 14.8 Å². The highest BCUT2D eigenvalue weighted by Crippen LogP contribution is 2.27. The lowest BCUT2D eigenvalue weighted by molar-refractivity contribution is -0.138. The smallest absolute Gasteiger partial charge is 0.225 e. The molecule has 0 saturated carbocycles. The fourth-order valence-corrected chi connectivity index (χ4v) is 4.93. The summed E-state index contributed by atoms with van der Waals surface area (Å²) in [6, 6.07) is 10.5. The summed E-state index contributed by atoms with van der Waals surface area (Å²) < 4.78 is 14.3. The fourth-order valence-electron chi connectivity index (χ4n) is 4.93. The van der Waals surface area contributed by atoms with E-state index in [1.165, 1.54) is 13.2 Å². The molecule has 176 valence electrons. The van der Waals surface area contributed by atoms with Crippen LogP contribution < -0.4 is 5.73 Å². The molecule has 7 nitrogen and oxygen atoms in total. The van der Waals surface area contributed by atoms with Gasteiger partial charge in [0.05, 0.1) is 5.71 Å². The van der Waals surface area contributed by atoms with E-state index in [1.807, 2.05) is 17.0 Å². The highest BCUT2D eigenvalue weighted by molar-refractivity contribution is 6.02. The van der Waals surface area contributed by atoms with Gasteiger partial charge in [-0.3, -0.25) is 9.69 Å². The molecule has 2 aliphatic rings. The number of benzene rings is 1. The van der Waals surface area contributed by atoms with Gasteiger partial charge in [-0.25, -0.2) is 9.37 Å². The molecule has 0 unspecified atom stereocenters. The molecule has 3 heterocycles. The van der Waals surface area contributed by atoms with E-state index in [-0.39, 0.29) is 23.6 Å². The summed E-state index contributed by atoms with van der Waals surface area (Å²) in [5, 5.41) is 4.14. The number of nitrogen functional groups attached to an aromatic ring is 1. The molecule has 1 aromatic heterocycles. The van der Waals surface area contributed by atoms with Gasteiger partial charge < -0.3 is 15.5 Å². The van der Waals surface area contributed by atoms with Crippen LogP contribution in [-0.2, 0) is 16.2 Å². The monoisotopic (exact) mass is 453 g/mol. The van der Waals surface area contributed by atoms with Crippen LogP contribution in [0.15, 0.2) is 47.8 Å². The zero-order chi connectivity index (χ0) is 23.2. The Balaban J connectivity index is 1.29. The van der Waals surface area contributed by atoms with Crippen LogP contribution in [0.2, 0.25) is 0 Å². The van der Waals surface area contributed by atoms with Crippen LogP contribution in [0.1, 0.15) is 36.8 Å². The van der Waals surface area contributed by atoms with Crippen LogP contribution >= 0.6 is 0 Å². The third-order valence-electron chi connectivity index (χ3n) is 6.72. The maximum atomic E-state index is 14.3. The summed E-state index contributed by atoms with van der Waals surface area (Å²) >= 11 is 0. The van der Waals surface area contributed by atoms with E-state index < -0.39 is 0 Å². The number of anilines is 1. The van der Waals surface area contributed by atoms with Crippen molar-refractivity contribution in [3.8, 4) is 0 Å². The average molecular weight is 454 g/mol. The third kappa shape index (κ3) is 5.68. The molecule has 0 aliphatic carbocycles. The fraction of sp³-hybridized carbons (Fsp3) is 0.480. The minimum atomic E-state index is -0.298. The number of amides is 1. The van der Waals surface area contributed by atoms with Gasteiger partial charge in [0.15, 0.2) is 0 Å². The minimum absolute atomic E-state index is 0.0685. The number of hydrogen-bond acceptors (Lipinski definition) is 6. The van der Waals surface area contributed by atoms with Gasteiger partial charge in [0.2, 0.25) is 5.91 Å². The SMILES string of the molecule is CON=C(c1ccccc1F)C1CCN(C(=O)C2CCN(Cc3ccnc(N)c3)CC2)CC1. The van der Waals surface area contributed by atoms with Crippen LogP contribution in [0, 0.1) is 17.7 Å². The zero-order valence-corrected chi connectivity index (χ0v) is 19.1. The Morgan fingerprint density at radius 1 is 1.12 bits per heavy atom. The van der Waals surface area contributed by atoms with Gasteiger partial charge in [0.25, 0.3) is 0 Å². The number of hydrogen-bond donors (Lipinski definition) is 1. The van der Waals surface area contributed by atoms with Crippen molar-refractivity contribution >= 4 is 17.4 Å². The molecule has 2 N–H and O–H groups in total. The van der Waals surface area contributed by atoms with Crippen molar-refractivity contribution in [1.29, 1.82) is 0 Å².